The lowest BCUT2D eigenvalue weighted by atomic mass is 10.1. The number of nitrogens with one attached hydrogen (secondary N) is 1. The number of hydrogen-bond donors (Lipinski definition) is 2. The van der Waals surface area contributed by atoms with Crippen LogP contribution in [0.5, 0.6) is 0 Å². The van der Waals surface area contributed by atoms with Crippen molar-refractivity contribution in [2.45, 2.75) is 32.7 Å². The van der Waals surface area contributed by atoms with Crippen molar-refractivity contribution in [3.8, 4) is 0 Å². The molecule has 2 N–H and O–H groups in total. The lowest BCUT2D eigenvalue weighted by molar-refractivity contribution is -0.122. The topological polar surface area (TPSA) is 49.3 Å². The number of carbonyl (C=O) groups excluding carboxylic acids is 1. The molecule has 17 heavy (non-hydrogen) atoms. The quantitative estimate of drug-likeness (QED) is 0.794. The van der Waals surface area contributed by atoms with Crippen molar-refractivity contribution in [2.75, 3.05) is 6.61 Å². The zero-order valence-electron chi connectivity index (χ0n) is 10.5. The number of aliphatic hydroxyl groups is 1. The second kappa shape index (κ2) is 7.07. The summed E-state index contributed by atoms with van der Waals surface area (Å²) >= 11 is 0. The van der Waals surface area contributed by atoms with Crippen molar-refractivity contribution in [1.29, 1.82) is 0 Å². The van der Waals surface area contributed by atoms with Crippen LogP contribution in [0.3, 0.4) is 0 Å². The SMILES string of the molecule is CC(C)CCC(=O)N[C@@H](CO)c1ccccc1. The van der Waals surface area contributed by atoms with Crippen molar-refractivity contribution in [3.05, 3.63) is 35.9 Å². The Labute approximate surface area is 103 Å². The zero-order valence-corrected chi connectivity index (χ0v) is 10.5. The molecule has 0 aliphatic carbocycles. The maximum atomic E-state index is 11.7. The number of rotatable bonds is 6. The fourth-order valence-corrected chi connectivity index (χ4v) is 1.61. The molecule has 0 aliphatic heterocycles. The third kappa shape index (κ3) is 5.00. The average Bonchev–Trinajstić information content (AvgIpc) is 2.34. The molecule has 94 valence electrons. The van der Waals surface area contributed by atoms with E-state index < -0.39 is 0 Å². The molecule has 1 aromatic carbocycles. The first-order chi connectivity index (χ1) is 8.13. The van der Waals surface area contributed by atoms with E-state index in [1.807, 2.05) is 30.3 Å². The first kappa shape index (κ1) is 13.7. The van der Waals surface area contributed by atoms with E-state index in [9.17, 15) is 9.90 Å². The van der Waals surface area contributed by atoms with Crippen molar-refractivity contribution >= 4 is 5.91 Å². The lowest BCUT2D eigenvalue weighted by Gasteiger charge is -2.17. The Morgan fingerprint density at radius 2 is 1.94 bits per heavy atom. The molecule has 0 unspecified atom stereocenters. The third-order valence-electron chi connectivity index (χ3n) is 2.67. The van der Waals surface area contributed by atoms with E-state index in [2.05, 4.69) is 19.2 Å². The molecule has 1 atom stereocenters. The van der Waals surface area contributed by atoms with Crippen molar-refractivity contribution < 1.29 is 9.90 Å². The Kier molecular flexibility index (Phi) is 5.70. The van der Waals surface area contributed by atoms with Gasteiger partial charge in [-0.15, -0.1) is 0 Å². The number of carbonyl (C=O) groups is 1. The number of hydrogen-bond acceptors (Lipinski definition) is 2. The van der Waals surface area contributed by atoms with E-state index in [1.54, 1.807) is 0 Å². The van der Waals surface area contributed by atoms with Gasteiger partial charge in [-0.3, -0.25) is 4.79 Å². The van der Waals surface area contributed by atoms with Crippen molar-refractivity contribution in [3.63, 3.8) is 0 Å². The number of benzene rings is 1. The fraction of sp³-hybridized carbons (Fsp3) is 0.500. The average molecular weight is 235 g/mol. The van der Waals surface area contributed by atoms with Crippen LogP contribution in [-0.4, -0.2) is 17.6 Å². The maximum absolute atomic E-state index is 11.7. The first-order valence-corrected chi connectivity index (χ1v) is 6.08. The van der Waals surface area contributed by atoms with E-state index in [-0.39, 0.29) is 18.6 Å². The normalized spacial score (nSPS) is 12.5. The van der Waals surface area contributed by atoms with Crippen molar-refractivity contribution in [2.24, 2.45) is 5.92 Å². The Hall–Kier alpha value is -1.35. The standard InChI is InChI=1S/C14H21NO2/c1-11(2)8-9-14(17)15-13(10-16)12-6-4-3-5-7-12/h3-7,11,13,16H,8-10H2,1-2H3,(H,15,17)/t13-/m0/s1. The molecule has 0 aliphatic rings. The summed E-state index contributed by atoms with van der Waals surface area (Å²) in [6.07, 6.45) is 1.39. The van der Waals surface area contributed by atoms with Gasteiger partial charge >= 0.3 is 0 Å². The largest absolute Gasteiger partial charge is 0.394 e. The summed E-state index contributed by atoms with van der Waals surface area (Å²) in [6, 6.07) is 9.23. The summed E-state index contributed by atoms with van der Waals surface area (Å²) in [5.74, 6) is 0.520. The van der Waals surface area contributed by atoms with Crippen LogP contribution in [0.25, 0.3) is 0 Å². The molecule has 0 saturated carbocycles. The summed E-state index contributed by atoms with van der Waals surface area (Å²) in [7, 11) is 0. The Bertz CT molecular complexity index is 335. The monoisotopic (exact) mass is 235 g/mol. The van der Waals surface area contributed by atoms with Gasteiger partial charge in [0, 0.05) is 6.42 Å². The first-order valence-electron chi connectivity index (χ1n) is 6.08. The van der Waals surface area contributed by atoms with E-state index in [0.29, 0.717) is 12.3 Å². The molecule has 3 nitrogen and oxygen atoms in total. The number of aliphatic hydroxyl groups excluding tert-OH is 1. The van der Waals surface area contributed by atoms with Gasteiger partial charge in [0.1, 0.15) is 0 Å². The van der Waals surface area contributed by atoms with Gasteiger partial charge in [0.05, 0.1) is 12.6 Å². The van der Waals surface area contributed by atoms with E-state index >= 15 is 0 Å². The smallest absolute Gasteiger partial charge is 0.220 e. The molecule has 1 aromatic rings. The second-order valence-corrected chi connectivity index (χ2v) is 4.65. The van der Waals surface area contributed by atoms with Gasteiger partial charge in [0.2, 0.25) is 5.91 Å². The summed E-state index contributed by atoms with van der Waals surface area (Å²) in [6.45, 7) is 4.11. The zero-order chi connectivity index (χ0) is 12.7. The molecule has 3 heteroatoms. The van der Waals surface area contributed by atoms with Crippen LogP contribution in [-0.2, 0) is 4.79 Å². The van der Waals surface area contributed by atoms with Crippen LogP contribution in [0, 0.1) is 5.92 Å². The predicted molar refractivity (Wildman–Crippen MR) is 68.5 cm³/mol. The maximum Gasteiger partial charge on any atom is 0.220 e. The van der Waals surface area contributed by atoms with Gasteiger partial charge in [-0.05, 0) is 17.9 Å². The predicted octanol–water partition coefficient (Wildman–Crippen LogP) is 2.27. The molecule has 0 fully saturated rings. The van der Waals surface area contributed by atoms with E-state index in [0.717, 1.165) is 12.0 Å². The van der Waals surface area contributed by atoms with Gasteiger partial charge in [0.25, 0.3) is 0 Å². The highest BCUT2D eigenvalue weighted by Crippen LogP contribution is 2.12. The molecule has 0 radical (unpaired) electrons. The molecule has 0 bridgehead atoms. The summed E-state index contributed by atoms with van der Waals surface area (Å²) in [5, 5.41) is 12.1. The van der Waals surface area contributed by atoms with Gasteiger partial charge in [-0.1, -0.05) is 44.2 Å². The highest BCUT2D eigenvalue weighted by molar-refractivity contribution is 5.76. The fourth-order valence-electron chi connectivity index (χ4n) is 1.61. The molecular formula is C14H21NO2. The van der Waals surface area contributed by atoms with Gasteiger partial charge in [-0.25, -0.2) is 0 Å². The second-order valence-electron chi connectivity index (χ2n) is 4.65. The molecule has 1 amide bonds. The van der Waals surface area contributed by atoms with Crippen LogP contribution in [0.4, 0.5) is 0 Å². The molecule has 0 spiro atoms. The minimum absolute atomic E-state index is 0.00148. The Balaban J connectivity index is 2.50. The molecule has 0 heterocycles. The molecule has 0 saturated heterocycles. The highest BCUT2D eigenvalue weighted by Gasteiger charge is 2.13. The van der Waals surface area contributed by atoms with E-state index in [4.69, 9.17) is 0 Å². The van der Waals surface area contributed by atoms with Gasteiger partial charge in [-0.2, -0.15) is 0 Å². The van der Waals surface area contributed by atoms with Crippen LogP contribution >= 0.6 is 0 Å². The van der Waals surface area contributed by atoms with Crippen LogP contribution in [0.2, 0.25) is 0 Å². The highest BCUT2D eigenvalue weighted by atomic mass is 16.3. The van der Waals surface area contributed by atoms with E-state index in [1.165, 1.54) is 0 Å². The van der Waals surface area contributed by atoms with Crippen LogP contribution < -0.4 is 5.32 Å². The Morgan fingerprint density at radius 1 is 1.29 bits per heavy atom. The summed E-state index contributed by atoms with van der Waals surface area (Å²) < 4.78 is 0. The van der Waals surface area contributed by atoms with Gasteiger partial charge < -0.3 is 10.4 Å². The molecule has 1 rings (SSSR count). The lowest BCUT2D eigenvalue weighted by Crippen LogP contribution is -2.30. The van der Waals surface area contributed by atoms with Crippen molar-refractivity contribution in [1.82, 2.24) is 5.32 Å². The van der Waals surface area contributed by atoms with Crippen LogP contribution in [0.1, 0.15) is 38.3 Å². The minimum atomic E-state index is -0.295. The third-order valence-corrected chi connectivity index (χ3v) is 2.67. The summed E-state index contributed by atoms with van der Waals surface area (Å²) in [5.41, 5.74) is 0.938. The Morgan fingerprint density at radius 3 is 2.47 bits per heavy atom. The molecule has 0 aromatic heterocycles. The molecular weight excluding hydrogens is 214 g/mol. The number of amides is 1. The minimum Gasteiger partial charge on any atom is -0.394 e. The summed E-state index contributed by atoms with van der Waals surface area (Å²) in [4.78, 5) is 11.7. The van der Waals surface area contributed by atoms with Gasteiger partial charge in [0.15, 0.2) is 0 Å². The van der Waals surface area contributed by atoms with Crippen LogP contribution in [0.15, 0.2) is 30.3 Å².